The third-order valence-electron chi connectivity index (χ3n) is 3.96. The molecule has 0 saturated carbocycles. The molecule has 4 nitrogen and oxygen atoms in total. The average molecular weight is 312 g/mol. The second-order valence-corrected chi connectivity index (χ2v) is 5.65. The molecule has 0 aliphatic carbocycles. The van der Waals surface area contributed by atoms with E-state index in [4.69, 9.17) is 10.5 Å². The van der Waals surface area contributed by atoms with Gasteiger partial charge in [0.25, 0.3) is 5.91 Å². The molecule has 0 aliphatic rings. The Labute approximate surface area is 137 Å². The zero-order valence-electron chi connectivity index (χ0n) is 13.7. The van der Waals surface area contributed by atoms with Crippen LogP contribution in [-0.2, 0) is 11.2 Å². The first-order valence-electron chi connectivity index (χ1n) is 7.82. The molecule has 2 aromatic carbocycles. The van der Waals surface area contributed by atoms with Crippen LogP contribution in [0.3, 0.4) is 0 Å². The van der Waals surface area contributed by atoms with Crippen molar-refractivity contribution in [1.82, 2.24) is 4.90 Å². The van der Waals surface area contributed by atoms with E-state index in [-0.39, 0.29) is 18.6 Å². The van der Waals surface area contributed by atoms with Crippen LogP contribution in [0.1, 0.15) is 18.1 Å². The topological polar surface area (TPSA) is 55.6 Å². The lowest BCUT2D eigenvalue weighted by Crippen LogP contribution is -2.42. The van der Waals surface area contributed by atoms with Crippen molar-refractivity contribution in [2.45, 2.75) is 19.4 Å². The maximum Gasteiger partial charge on any atom is 0.260 e. The third kappa shape index (κ3) is 4.83. The van der Waals surface area contributed by atoms with E-state index in [0.29, 0.717) is 6.54 Å². The minimum absolute atomic E-state index is 0.00524. The average Bonchev–Trinajstić information content (AvgIpc) is 2.60. The van der Waals surface area contributed by atoms with E-state index in [1.807, 2.05) is 49.4 Å². The monoisotopic (exact) mass is 312 g/mol. The number of hydrogen-bond donors (Lipinski definition) is 1. The van der Waals surface area contributed by atoms with Crippen LogP contribution in [0.2, 0.25) is 0 Å². The van der Waals surface area contributed by atoms with Gasteiger partial charge in [-0.25, -0.2) is 0 Å². The van der Waals surface area contributed by atoms with Gasteiger partial charge in [0.1, 0.15) is 5.75 Å². The standard InChI is InChI=1S/C19H24N2O2/c1-15(13-20)21(2)19(22)14-23-18-11-7-6-10-17(18)12-16-8-4-3-5-9-16/h3-11,15H,12-14,20H2,1-2H3. The number of nitrogens with two attached hydrogens (primary N) is 1. The highest BCUT2D eigenvalue weighted by Gasteiger charge is 2.15. The lowest BCUT2D eigenvalue weighted by atomic mass is 10.0. The minimum Gasteiger partial charge on any atom is -0.483 e. The van der Waals surface area contributed by atoms with Crippen LogP contribution in [0.25, 0.3) is 0 Å². The Morgan fingerprint density at radius 3 is 2.48 bits per heavy atom. The Balaban J connectivity index is 2.02. The molecular formula is C19H24N2O2. The summed E-state index contributed by atoms with van der Waals surface area (Å²) in [6, 6.07) is 18.0. The van der Waals surface area contributed by atoms with E-state index in [2.05, 4.69) is 12.1 Å². The van der Waals surface area contributed by atoms with Crippen molar-refractivity contribution in [2.24, 2.45) is 5.73 Å². The van der Waals surface area contributed by atoms with Crippen LogP contribution < -0.4 is 10.5 Å². The molecule has 2 rings (SSSR count). The molecule has 23 heavy (non-hydrogen) atoms. The predicted molar refractivity (Wildman–Crippen MR) is 92.5 cm³/mol. The van der Waals surface area contributed by atoms with Crippen molar-refractivity contribution in [3.63, 3.8) is 0 Å². The summed E-state index contributed by atoms with van der Waals surface area (Å²) < 4.78 is 5.75. The summed E-state index contributed by atoms with van der Waals surface area (Å²) in [6.45, 7) is 2.38. The summed E-state index contributed by atoms with van der Waals surface area (Å²) in [5, 5.41) is 0. The van der Waals surface area contributed by atoms with Crippen LogP contribution >= 0.6 is 0 Å². The molecule has 2 aromatic rings. The van der Waals surface area contributed by atoms with E-state index in [0.717, 1.165) is 17.7 Å². The number of nitrogens with zero attached hydrogens (tertiary/aromatic N) is 1. The van der Waals surface area contributed by atoms with Crippen molar-refractivity contribution in [1.29, 1.82) is 0 Å². The molecule has 1 atom stereocenters. The smallest absolute Gasteiger partial charge is 0.260 e. The Morgan fingerprint density at radius 1 is 1.13 bits per heavy atom. The van der Waals surface area contributed by atoms with Gasteiger partial charge < -0.3 is 15.4 Å². The van der Waals surface area contributed by atoms with Gasteiger partial charge in [-0.05, 0) is 24.1 Å². The molecule has 2 N–H and O–H groups in total. The van der Waals surface area contributed by atoms with Gasteiger partial charge in [-0.15, -0.1) is 0 Å². The first kappa shape index (κ1) is 17.0. The largest absolute Gasteiger partial charge is 0.483 e. The Bertz CT molecular complexity index is 628. The van der Waals surface area contributed by atoms with E-state index in [1.54, 1.807) is 11.9 Å². The normalized spacial score (nSPS) is 11.8. The molecule has 0 saturated heterocycles. The molecule has 4 heteroatoms. The second-order valence-electron chi connectivity index (χ2n) is 5.65. The molecular weight excluding hydrogens is 288 g/mol. The van der Waals surface area contributed by atoms with Crippen molar-refractivity contribution >= 4 is 5.91 Å². The Hall–Kier alpha value is -2.33. The Kier molecular flexibility index (Phi) is 6.18. The third-order valence-corrected chi connectivity index (χ3v) is 3.96. The molecule has 0 fully saturated rings. The van der Waals surface area contributed by atoms with Gasteiger partial charge in [-0.3, -0.25) is 4.79 Å². The maximum absolute atomic E-state index is 12.1. The van der Waals surface area contributed by atoms with E-state index in [9.17, 15) is 4.79 Å². The van der Waals surface area contributed by atoms with Crippen LogP contribution in [0.5, 0.6) is 5.75 Å². The summed E-state index contributed by atoms with van der Waals surface area (Å²) in [6.07, 6.45) is 0.778. The molecule has 122 valence electrons. The summed E-state index contributed by atoms with van der Waals surface area (Å²) in [4.78, 5) is 13.8. The number of hydrogen-bond acceptors (Lipinski definition) is 3. The van der Waals surface area contributed by atoms with Crippen LogP contribution in [0, 0.1) is 0 Å². The summed E-state index contributed by atoms with van der Waals surface area (Å²) in [5.74, 6) is 0.677. The van der Waals surface area contributed by atoms with Crippen molar-refractivity contribution in [3.05, 3.63) is 65.7 Å². The molecule has 1 unspecified atom stereocenters. The quantitative estimate of drug-likeness (QED) is 0.854. The van der Waals surface area contributed by atoms with E-state index >= 15 is 0 Å². The van der Waals surface area contributed by atoms with Gasteiger partial charge in [0.15, 0.2) is 6.61 Å². The first-order valence-corrected chi connectivity index (χ1v) is 7.82. The Morgan fingerprint density at radius 2 is 1.78 bits per heavy atom. The number of carbonyl (C=O) groups is 1. The van der Waals surface area contributed by atoms with Gasteiger partial charge in [0, 0.05) is 26.1 Å². The molecule has 0 bridgehead atoms. The van der Waals surface area contributed by atoms with Crippen LogP contribution in [-0.4, -0.2) is 37.0 Å². The van der Waals surface area contributed by atoms with Crippen molar-refractivity contribution < 1.29 is 9.53 Å². The number of carbonyl (C=O) groups excluding carboxylic acids is 1. The number of amides is 1. The molecule has 1 amide bonds. The lowest BCUT2D eigenvalue weighted by molar-refractivity contribution is -0.133. The predicted octanol–water partition coefficient (Wildman–Crippen LogP) is 2.46. The summed E-state index contributed by atoms with van der Waals surface area (Å²) in [5.41, 5.74) is 7.88. The van der Waals surface area contributed by atoms with Gasteiger partial charge in [0.05, 0.1) is 0 Å². The van der Waals surface area contributed by atoms with Crippen LogP contribution in [0.15, 0.2) is 54.6 Å². The lowest BCUT2D eigenvalue weighted by Gasteiger charge is -2.23. The maximum atomic E-state index is 12.1. The van der Waals surface area contributed by atoms with Gasteiger partial charge in [-0.2, -0.15) is 0 Å². The van der Waals surface area contributed by atoms with E-state index in [1.165, 1.54) is 5.56 Å². The number of para-hydroxylation sites is 1. The minimum atomic E-state index is -0.0718. The number of benzene rings is 2. The summed E-state index contributed by atoms with van der Waals surface area (Å²) >= 11 is 0. The zero-order valence-corrected chi connectivity index (χ0v) is 13.7. The highest BCUT2D eigenvalue weighted by molar-refractivity contribution is 5.77. The van der Waals surface area contributed by atoms with Crippen molar-refractivity contribution in [2.75, 3.05) is 20.2 Å². The van der Waals surface area contributed by atoms with Crippen molar-refractivity contribution in [3.8, 4) is 5.75 Å². The molecule has 0 aromatic heterocycles. The van der Waals surface area contributed by atoms with E-state index < -0.39 is 0 Å². The van der Waals surface area contributed by atoms with Gasteiger partial charge in [-0.1, -0.05) is 48.5 Å². The molecule has 0 heterocycles. The highest BCUT2D eigenvalue weighted by Crippen LogP contribution is 2.21. The zero-order chi connectivity index (χ0) is 16.7. The number of ether oxygens (including phenoxy) is 1. The first-order chi connectivity index (χ1) is 11.1. The second kappa shape index (κ2) is 8.34. The molecule has 0 spiro atoms. The van der Waals surface area contributed by atoms with Gasteiger partial charge >= 0.3 is 0 Å². The highest BCUT2D eigenvalue weighted by atomic mass is 16.5. The fraction of sp³-hybridized carbons (Fsp3) is 0.316. The number of rotatable bonds is 7. The SMILES string of the molecule is CC(CN)N(C)C(=O)COc1ccccc1Cc1ccccc1. The van der Waals surface area contributed by atoms with Gasteiger partial charge in [0.2, 0.25) is 0 Å². The fourth-order valence-corrected chi connectivity index (χ4v) is 2.25. The molecule has 0 radical (unpaired) electrons. The molecule has 0 aliphatic heterocycles. The summed E-state index contributed by atoms with van der Waals surface area (Å²) in [7, 11) is 1.75. The van der Waals surface area contributed by atoms with Crippen LogP contribution in [0.4, 0.5) is 0 Å². The number of likely N-dealkylation sites (N-methyl/N-ethyl adjacent to an activating group) is 1. The fourth-order valence-electron chi connectivity index (χ4n) is 2.25.